The van der Waals surface area contributed by atoms with Crippen LogP contribution in [0.4, 0.5) is 14.0 Å². The zero-order valence-electron chi connectivity index (χ0n) is 23.0. The van der Waals surface area contributed by atoms with Crippen LogP contribution in [0.5, 0.6) is 0 Å². The van der Waals surface area contributed by atoms with E-state index in [0.29, 0.717) is 4.47 Å². The second-order valence-electron chi connectivity index (χ2n) is 11.4. The maximum Gasteiger partial charge on any atom is 0.411 e. The molecule has 5 N–H and O–H groups in total. The lowest BCUT2D eigenvalue weighted by Gasteiger charge is -2.35. The Hall–Kier alpha value is -3.71. The van der Waals surface area contributed by atoms with E-state index in [1.165, 1.54) is 30.3 Å². The van der Waals surface area contributed by atoms with Crippen LogP contribution in [-0.4, -0.2) is 52.6 Å². The van der Waals surface area contributed by atoms with Gasteiger partial charge in [-0.15, -0.1) is 0 Å². The van der Waals surface area contributed by atoms with Crippen LogP contribution < -0.4 is 16.4 Å². The lowest BCUT2D eigenvalue weighted by Crippen LogP contribution is -2.50. The van der Waals surface area contributed by atoms with Gasteiger partial charge in [-0.25, -0.2) is 19.0 Å². The predicted octanol–water partition coefficient (Wildman–Crippen LogP) is 5.07. The normalized spacial score (nSPS) is 19.2. The molecule has 1 heterocycles. The number of benzene rings is 2. The summed E-state index contributed by atoms with van der Waals surface area (Å²) < 4.78 is 21.4. The number of aliphatic imine (C=N–C) groups is 1. The molecule has 1 saturated carbocycles. The fourth-order valence-corrected chi connectivity index (χ4v) is 5.42. The van der Waals surface area contributed by atoms with E-state index >= 15 is 4.39 Å². The van der Waals surface area contributed by atoms with Crippen LogP contribution in [0.2, 0.25) is 5.02 Å². The molecule has 1 unspecified atom stereocenters. The molecule has 2 aliphatic rings. The number of primary amides is 1. The number of guanidine groups is 1. The van der Waals surface area contributed by atoms with Crippen molar-refractivity contribution in [2.24, 2.45) is 16.1 Å². The van der Waals surface area contributed by atoms with E-state index in [2.05, 4.69) is 31.6 Å². The van der Waals surface area contributed by atoms with Crippen LogP contribution in [0.25, 0.3) is 0 Å². The maximum absolute atomic E-state index is 15.6. The Balaban J connectivity index is 1.89. The standard InChI is InChI=1S/C28H30BrClFN5O6/c1-27(2,3)13-28(18-8-5-15(29)11-20(18)31)23(38)36(24(35-28)34-25(39)40)21(12-42-26(41)33-16-6-7-16)14-4-9-19(30)17(10-14)22(32)37/h4-5,8-11,16,21H,6-7,12-13H2,1-3H3,(H2,32,37)(H,33,41)(H,34,35)(H,39,40)/t21-,28?/m1/s1. The number of nitrogens with one attached hydrogen (secondary N) is 2. The largest absolute Gasteiger partial charge is 0.465 e. The van der Waals surface area contributed by atoms with E-state index in [1.54, 1.807) is 6.07 Å². The number of carboxylic acid groups (broad SMARTS) is 1. The third-order valence-electron chi connectivity index (χ3n) is 6.70. The second kappa shape index (κ2) is 11.9. The maximum atomic E-state index is 15.6. The van der Waals surface area contributed by atoms with Gasteiger partial charge in [0.05, 0.1) is 16.6 Å². The number of ether oxygens (including phenoxy) is 1. The molecular formula is C28H30BrClFN5O6. The Kier molecular flexibility index (Phi) is 8.84. The highest BCUT2D eigenvalue weighted by molar-refractivity contribution is 9.10. The van der Waals surface area contributed by atoms with Crippen molar-refractivity contribution < 1.29 is 33.4 Å². The van der Waals surface area contributed by atoms with Crippen LogP contribution in [0, 0.1) is 11.2 Å². The highest BCUT2D eigenvalue weighted by atomic mass is 79.9. The molecule has 1 aliphatic heterocycles. The van der Waals surface area contributed by atoms with Gasteiger partial charge in [0.1, 0.15) is 12.4 Å². The quantitative estimate of drug-likeness (QED) is 0.308. The van der Waals surface area contributed by atoms with Crippen molar-refractivity contribution in [3.8, 4) is 0 Å². The van der Waals surface area contributed by atoms with E-state index in [1.807, 2.05) is 20.8 Å². The summed E-state index contributed by atoms with van der Waals surface area (Å²) in [5.74, 6) is -2.77. The third-order valence-corrected chi connectivity index (χ3v) is 7.53. The van der Waals surface area contributed by atoms with E-state index < -0.39 is 59.4 Å². The first-order chi connectivity index (χ1) is 19.6. The van der Waals surface area contributed by atoms with Gasteiger partial charge in [0.25, 0.3) is 5.91 Å². The minimum absolute atomic E-state index is 0.0123. The topological polar surface area (TPSA) is 163 Å². The number of hydrogen-bond donors (Lipinski definition) is 4. The Morgan fingerprint density at radius 3 is 2.52 bits per heavy atom. The molecule has 0 aromatic heterocycles. The van der Waals surface area contributed by atoms with Gasteiger partial charge in [-0.05, 0) is 54.5 Å². The number of nitrogens with two attached hydrogens (primary N) is 1. The molecule has 0 radical (unpaired) electrons. The van der Waals surface area contributed by atoms with Gasteiger partial charge in [-0.3, -0.25) is 19.8 Å². The van der Waals surface area contributed by atoms with Gasteiger partial charge in [-0.2, -0.15) is 0 Å². The van der Waals surface area contributed by atoms with Crippen LogP contribution in [0.3, 0.4) is 0 Å². The SMILES string of the molecule is CC(C)(C)CC1(c2ccc(Br)cc2F)N=C(NC(=O)O)N([C@H](COC(=O)NC2CC2)c2ccc(Cl)c(C(N)=O)c2)C1=O. The number of hydrogen-bond acceptors (Lipinski definition) is 6. The first kappa shape index (κ1) is 31.2. The molecule has 14 heteroatoms. The van der Waals surface area contributed by atoms with Crippen LogP contribution >= 0.6 is 27.5 Å². The molecular weight excluding hydrogens is 637 g/mol. The molecule has 11 nitrogen and oxygen atoms in total. The number of amides is 4. The molecule has 2 aromatic carbocycles. The molecule has 2 atom stereocenters. The lowest BCUT2D eigenvalue weighted by molar-refractivity contribution is -0.135. The van der Waals surface area contributed by atoms with Gasteiger partial charge in [0, 0.05) is 16.1 Å². The van der Waals surface area contributed by atoms with Crippen molar-refractivity contribution in [3.05, 3.63) is 68.4 Å². The number of nitrogens with zero attached hydrogens (tertiary/aromatic N) is 2. The van der Waals surface area contributed by atoms with Crippen molar-refractivity contribution in [1.29, 1.82) is 0 Å². The van der Waals surface area contributed by atoms with Crippen molar-refractivity contribution in [1.82, 2.24) is 15.5 Å². The van der Waals surface area contributed by atoms with E-state index in [0.717, 1.165) is 17.7 Å². The Morgan fingerprint density at radius 2 is 1.95 bits per heavy atom. The highest BCUT2D eigenvalue weighted by Crippen LogP contribution is 2.46. The average Bonchev–Trinajstić information content (AvgIpc) is 3.64. The number of carbonyl (C=O) groups excluding carboxylic acids is 3. The molecule has 1 fully saturated rings. The predicted molar refractivity (Wildman–Crippen MR) is 156 cm³/mol. The average molecular weight is 667 g/mol. The number of halogens is 3. The summed E-state index contributed by atoms with van der Waals surface area (Å²) in [7, 11) is 0. The van der Waals surface area contributed by atoms with Gasteiger partial charge in [0.2, 0.25) is 11.9 Å². The molecule has 42 heavy (non-hydrogen) atoms. The molecule has 0 spiro atoms. The van der Waals surface area contributed by atoms with E-state index in [-0.39, 0.29) is 34.2 Å². The molecule has 1 aliphatic carbocycles. The van der Waals surface area contributed by atoms with Gasteiger partial charge in [-0.1, -0.05) is 60.4 Å². The van der Waals surface area contributed by atoms with E-state index in [4.69, 9.17) is 22.1 Å². The van der Waals surface area contributed by atoms with Gasteiger partial charge < -0.3 is 20.9 Å². The summed E-state index contributed by atoms with van der Waals surface area (Å²) in [5, 5.41) is 14.6. The van der Waals surface area contributed by atoms with Crippen molar-refractivity contribution in [3.63, 3.8) is 0 Å². The molecule has 4 amide bonds. The van der Waals surface area contributed by atoms with Crippen LogP contribution in [0.15, 0.2) is 45.9 Å². The Labute approximate surface area is 254 Å². The second-order valence-corrected chi connectivity index (χ2v) is 12.7. The van der Waals surface area contributed by atoms with Gasteiger partial charge in [0.15, 0.2) is 5.54 Å². The number of rotatable bonds is 8. The van der Waals surface area contributed by atoms with Gasteiger partial charge >= 0.3 is 12.2 Å². The van der Waals surface area contributed by atoms with Crippen LogP contribution in [-0.2, 0) is 15.1 Å². The zero-order valence-corrected chi connectivity index (χ0v) is 25.4. The number of carbonyl (C=O) groups is 4. The molecule has 0 bridgehead atoms. The highest BCUT2D eigenvalue weighted by Gasteiger charge is 2.55. The first-order valence-corrected chi connectivity index (χ1v) is 14.2. The van der Waals surface area contributed by atoms with Crippen molar-refractivity contribution in [2.75, 3.05) is 6.61 Å². The molecule has 2 aromatic rings. The zero-order chi connectivity index (χ0) is 31.0. The lowest BCUT2D eigenvalue weighted by atomic mass is 9.75. The molecule has 0 saturated heterocycles. The first-order valence-electron chi connectivity index (χ1n) is 13.0. The minimum atomic E-state index is -1.89. The summed E-state index contributed by atoms with van der Waals surface area (Å²) in [6.07, 6.45) is -0.690. The third kappa shape index (κ3) is 6.84. The minimum Gasteiger partial charge on any atom is -0.465 e. The Morgan fingerprint density at radius 1 is 1.26 bits per heavy atom. The summed E-state index contributed by atoms with van der Waals surface area (Å²) >= 11 is 9.39. The number of alkyl carbamates (subject to hydrolysis) is 1. The van der Waals surface area contributed by atoms with Crippen molar-refractivity contribution >= 4 is 57.5 Å². The van der Waals surface area contributed by atoms with E-state index in [9.17, 15) is 24.3 Å². The Bertz CT molecular complexity index is 1480. The smallest absolute Gasteiger partial charge is 0.411 e. The summed E-state index contributed by atoms with van der Waals surface area (Å²) in [5.41, 5.74) is 3.10. The summed E-state index contributed by atoms with van der Waals surface area (Å²) in [6.45, 7) is 5.03. The molecule has 4 rings (SSSR count). The summed E-state index contributed by atoms with van der Waals surface area (Å²) in [6, 6.07) is 7.11. The monoisotopic (exact) mass is 665 g/mol. The summed E-state index contributed by atoms with van der Waals surface area (Å²) in [4.78, 5) is 56.7. The fourth-order valence-electron chi connectivity index (χ4n) is 4.88. The van der Waals surface area contributed by atoms with Crippen LogP contribution in [0.1, 0.15) is 67.6 Å². The fraction of sp³-hybridized carbons (Fsp3) is 0.393. The van der Waals surface area contributed by atoms with Crippen molar-refractivity contribution in [2.45, 2.75) is 57.7 Å². The molecule has 224 valence electrons.